The van der Waals surface area contributed by atoms with Crippen LogP contribution in [0.3, 0.4) is 0 Å². The van der Waals surface area contributed by atoms with Crippen molar-refractivity contribution in [3.63, 3.8) is 0 Å². The van der Waals surface area contributed by atoms with E-state index in [0.29, 0.717) is 0 Å². The van der Waals surface area contributed by atoms with E-state index >= 15 is 0 Å². The van der Waals surface area contributed by atoms with Crippen LogP contribution in [0, 0.1) is 0 Å². The predicted molar refractivity (Wildman–Crippen MR) is 163 cm³/mol. The van der Waals surface area contributed by atoms with E-state index in [1.54, 1.807) is 0 Å². The van der Waals surface area contributed by atoms with Gasteiger partial charge in [-0.05, 0) is 70.3 Å². The van der Waals surface area contributed by atoms with Crippen LogP contribution in [0.15, 0.2) is 133 Å². The van der Waals surface area contributed by atoms with Gasteiger partial charge >= 0.3 is 0 Å². The minimum absolute atomic E-state index is 0.251. The fourth-order valence-corrected chi connectivity index (χ4v) is 6.93. The first-order valence-corrected chi connectivity index (χ1v) is 13.6. The third kappa shape index (κ3) is 2.86. The summed E-state index contributed by atoms with van der Waals surface area (Å²) in [5.41, 5.74) is 12.8. The van der Waals surface area contributed by atoms with Crippen LogP contribution < -0.4 is 0 Å². The summed E-state index contributed by atoms with van der Waals surface area (Å²) in [6.45, 7) is 0. The Kier molecular flexibility index (Phi) is 4.14. The van der Waals surface area contributed by atoms with Gasteiger partial charge in [-0.3, -0.25) is 0 Å². The lowest BCUT2D eigenvalue weighted by atomic mass is 9.89. The summed E-state index contributed by atoms with van der Waals surface area (Å²) in [5.74, 6) is 0.251. The van der Waals surface area contributed by atoms with E-state index < -0.39 is 0 Å². The van der Waals surface area contributed by atoms with E-state index in [-0.39, 0.29) is 5.92 Å². The average molecular weight is 497 g/mol. The van der Waals surface area contributed by atoms with E-state index in [1.807, 2.05) is 0 Å². The van der Waals surface area contributed by atoms with Gasteiger partial charge in [0, 0.05) is 44.2 Å². The van der Waals surface area contributed by atoms with Gasteiger partial charge in [-0.15, -0.1) is 0 Å². The normalized spacial score (nSPS) is 14.4. The highest BCUT2D eigenvalue weighted by Crippen LogP contribution is 2.49. The molecule has 39 heavy (non-hydrogen) atoms. The third-order valence-corrected chi connectivity index (χ3v) is 8.60. The lowest BCUT2D eigenvalue weighted by molar-refractivity contribution is 1.02. The number of H-pyrrole nitrogens is 1. The Morgan fingerprint density at radius 1 is 0.462 bits per heavy atom. The molecule has 0 fully saturated rings. The van der Waals surface area contributed by atoms with Gasteiger partial charge in [0.05, 0.1) is 11.0 Å². The molecule has 9 rings (SSSR count). The number of nitrogens with one attached hydrogen (secondary N) is 1. The molecule has 8 aromatic rings. The Hall–Kier alpha value is -5.08. The van der Waals surface area contributed by atoms with Crippen LogP contribution in [0.1, 0.15) is 22.6 Å². The zero-order valence-electron chi connectivity index (χ0n) is 21.2. The van der Waals surface area contributed by atoms with Crippen molar-refractivity contribution in [3.05, 3.63) is 150 Å². The van der Waals surface area contributed by atoms with Gasteiger partial charge in [0.2, 0.25) is 0 Å². The van der Waals surface area contributed by atoms with Crippen molar-refractivity contribution in [2.24, 2.45) is 0 Å². The highest BCUT2D eigenvalue weighted by Gasteiger charge is 2.30. The van der Waals surface area contributed by atoms with Crippen molar-refractivity contribution in [2.75, 3.05) is 0 Å². The fraction of sp³-hybridized carbons (Fsp3) is 0.0270. The van der Waals surface area contributed by atoms with Crippen LogP contribution in [-0.2, 0) is 0 Å². The number of fused-ring (bicyclic) bond motifs is 9. The molecule has 0 radical (unpaired) electrons. The Bertz CT molecular complexity index is 2180. The Morgan fingerprint density at radius 3 is 1.92 bits per heavy atom. The summed E-state index contributed by atoms with van der Waals surface area (Å²) in [6.07, 6.45) is 0. The van der Waals surface area contributed by atoms with Gasteiger partial charge < -0.3 is 9.55 Å². The molecule has 0 amide bonds. The number of hydrogen-bond donors (Lipinski definition) is 1. The van der Waals surface area contributed by atoms with Crippen molar-refractivity contribution in [1.29, 1.82) is 0 Å². The maximum Gasteiger partial charge on any atom is 0.0541 e. The van der Waals surface area contributed by atoms with Gasteiger partial charge in [-0.1, -0.05) is 91.0 Å². The maximum absolute atomic E-state index is 3.74. The standard InChI is InChI=1S/C37H24N2/c1-2-10-23(11-3-1)37-28-15-5-4-12-25(28)29-21-31-30-20-24(18-19-33(30)38-34(31)22-32(29)37)39-35-16-8-6-13-26(35)27-14-7-9-17-36(27)39/h1-22,37-38H. The molecule has 0 saturated carbocycles. The van der Waals surface area contributed by atoms with E-state index in [9.17, 15) is 0 Å². The molecule has 1 unspecified atom stereocenters. The summed E-state index contributed by atoms with van der Waals surface area (Å²) < 4.78 is 2.40. The van der Waals surface area contributed by atoms with Crippen LogP contribution in [0.4, 0.5) is 0 Å². The molecule has 182 valence electrons. The first-order chi connectivity index (χ1) is 19.3. The second kappa shape index (κ2) is 7.72. The molecule has 1 aliphatic rings. The Labute approximate surface area is 225 Å². The van der Waals surface area contributed by atoms with Gasteiger partial charge in [-0.25, -0.2) is 0 Å². The summed E-state index contributed by atoms with van der Waals surface area (Å²) in [4.78, 5) is 3.74. The van der Waals surface area contributed by atoms with E-state index in [2.05, 4.69) is 143 Å². The van der Waals surface area contributed by atoms with Crippen molar-refractivity contribution >= 4 is 43.6 Å². The van der Waals surface area contributed by atoms with Crippen LogP contribution in [0.25, 0.3) is 60.4 Å². The summed E-state index contributed by atoms with van der Waals surface area (Å²) in [5, 5.41) is 5.10. The number of hydrogen-bond acceptors (Lipinski definition) is 0. The quantitative estimate of drug-likeness (QED) is 0.246. The van der Waals surface area contributed by atoms with Crippen molar-refractivity contribution in [2.45, 2.75) is 5.92 Å². The number of benzene rings is 6. The third-order valence-electron chi connectivity index (χ3n) is 8.60. The van der Waals surface area contributed by atoms with Crippen LogP contribution in [-0.4, -0.2) is 9.55 Å². The van der Waals surface area contributed by atoms with Gasteiger partial charge in [0.1, 0.15) is 0 Å². The van der Waals surface area contributed by atoms with Crippen LogP contribution in [0.2, 0.25) is 0 Å². The minimum Gasteiger partial charge on any atom is -0.354 e. The molecule has 1 N–H and O–H groups in total. The fourth-order valence-electron chi connectivity index (χ4n) is 6.93. The Balaban J connectivity index is 1.31. The molecule has 1 atom stereocenters. The van der Waals surface area contributed by atoms with Gasteiger partial charge in [0.25, 0.3) is 0 Å². The first-order valence-electron chi connectivity index (χ1n) is 13.6. The number of para-hydroxylation sites is 2. The molecule has 0 saturated heterocycles. The van der Waals surface area contributed by atoms with E-state index in [0.717, 1.165) is 0 Å². The number of rotatable bonds is 2. The molecule has 0 aliphatic heterocycles. The molecular formula is C37H24N2. The molecule has 2 heteroatoms. The molecular weight excluding hydrogens is 472 g/mol. The van der Waals surface area contributed by atoms with Crippen LogP contribution >= 0.6 is 0 Å². The molecule has 2 heterocycles. The van der Waals surface area contributed by atoms with E-state index in [1.165, 1.54) is 77.1 Å². The number of nitrogens with zero attached hydrogens (tertiary/aromatic N) is 1. The summed E-state index contributed by atoms with van der Waals surface area (Å²) in [6, 6.07) is 48.9. The SMILES string of the molecule is c1ccc(C2c3ccccc3-c3cc4c(cc32)[nH]c2ccc(-n3c5ccccc5c5ccccc53)cc24)cc1. The number of aromatic amines is 1. The lowest BCUT2D eigenvalue weighted by Gasteiger charge is -2.14. The van der Waals surface area contributed by atoms with Crippen molar-refractivity contribution in [3.8, 4) is 16.8 Å². The highest BCUT2D eigenvalue weighted by atomic mass is 15.0. The zero-order valence-corrected chi connectivity index (χ0v) is 21.2. The highest BCUT2D eigenvalue weighted by molar-refractivity contribution is 6.12. The maximum atomic E-state index is 3.74. The minimum atomic E-state index is 0.251. The van der Waals surface area contributed by atoms with E-state index in [4.69, 9.17) is 0 Å². The number of aromatic nitrogens is 2. The van der Waals surface area contributed by atoms with Gasteiger partial charge in [-0.2, -0.15) is 0 Å². The summed E-state index contributed by atoms with van der Waals surface area (Å²) >= 11 is 0. The topological polar surface area (TPSA) is 20.7 Å². The monoisotopic (exact) mass is 496 g/mol. The lowest BCUT2D eigenvalue weighted by Crippen LogP contribution is -1.98. The molecule has 6 aromatic carbocycles. The summed E-state index contributed by atoms with van der Waals surface area (Å²) in [7, 11) is 0. The molecule has 2 aromatic heterocycles. The first kappa shape index (κ1) is 20.9. The zero-order chi connectivity index (χ0) is 25.5. The largest absolute Gasteiger partial charge is 0.354 e. The molecule has 0 bridgehead atoms. The Morgan fingerprint density at radius 2 is 1.13 bits per heavy atom. The van der Waals surface area contributed by atoms with Gasteiger partial charge in [0.15, 0.2) is 0 Å². The second-order valence-electron chi connectivity index (χ2n) is 10.6. The second-order valence-corrected chi connectivity index (χ2v) is 10.6. The predicted octanol–water partition coefficient (Wildman–Crippen LogP) is 9.58. The van der Waals surface area contributed by atoms with Crippen molar-refractivity contribution < 1.29 is 0 Å². The van der Waals surface area contributed by atoms with Crippen LogP contribution in [0.5, 0.6) is 0 Å². The van der Waals surface area contributed by atoms with Crippen molar-refractivity contribution in [1.82, 2.24) is 9.55 Å². The average Bonchev–Trinajstić information content (AvgIpc) is 3.63. The molecule has 2 nitrogen and oxygen atoms in total. The molecule has 0 spiro atoms. The smallest absolute Gasteiger partial charge is 0.0541 e. The molecule has 1 aliphatic carbocycles.